The zero-order valence-electron chi connectivity index (χ0n) is 19.4. The fourth-order valence-corrected chi connectivity index (χ4v) is 3.69. The van der Waals surface area contributed by atoms with Crippen LogP contribution >= 0.6 is 0 Å². The molecule has 1 aromatic rings. The van der Waals surface area contributed by atoms with E-state index >= 15 is 0 Å². The van der Waals surface area contributed by atoms with E-state index in [4.69, 9.17) is 14.2 Å². The third kappa shape index (κ3) is 5.92. The summed E-state index contributed by atoms with van der Waals surface area (Å²) in [6.45, 7) is 13.0. The normalized spacial score (nSPS) is 12.0. The van der Waals surface area contributed by atoms with Crippen molar-refractivity contribution in [3.63, 3.8) is 0 Å². The second kappa shape index (κ2) is 12.5. The van der Waals surface area contributed by atoms with Gasteiger partial charge in [0.25, 0.3) is 0 Å². The molecule has 0 aromatic carbocycles. The van der Waals surface area contributed by atoms with Crippen LogP contribution in [0.1, 0.15) is 66.2 Å². The highest BCUT2D eigenvalue weighted by atomic mass is 16.5. The van der Waals surface area contributed by atoms with Crippen LogP contribution < -0.4 is 0 Å². The van der Waals surface area contributed by atoms with Gasteiger partial charge in [-0.25, -0.2) is 4.79 Å². The van der Waals surface area contributed by atoms with E-state index in [-0.39, 0.29) is 24.9 Å². The maximum absolute atomic E-state index is 13.5. The summed E-state index contributed by atoms with van der Waals surface area (Å²) < 4.78 is 17.3. The number of hydrogen-bond donors (Lipinski definition) is 0. The van der Waals surface area contributed by atoms with Crippen LogP contribution in [-0.4, -0.2) is 73.3 Å². The van der Waals surface area contributed by atoms with Gasteiger partial charge in [-0.2, -0.15) is 0 Å². The Balaban J connectivity index is 3.27. The summed E-state index contributed by atoms with van der Waals surface area (Å²) in [4.78, 5) is 40.1. The van der Waals surface area contributed by atoms with Crippen LogP contribution in [0.2, 0.25) is 0 Å². The van der Waals surface area contributed by atoms with Crippen molar-refractivity contribution in [3.8, 4) is 0 Å². The molecule has 0 radical (unpaired) electrons. The molecule has 0 aliphatic heterocycles. The molecule has 8 nitrogen and oxygen atoms in total. The minimum Gasteiger partial charge on any atom is -0.461 e. The van der Waals surface area contributed by atoms with E-state index in [1.54, 1.807) is 25.3 Å². The SMILES string of the molecule is CCOCCCN(C(=O)COC)C(C)C(=O)c1c(C)c(C(=O)OCC)n(CC)c1C. The molecule has 0 bridgehead atoms. The molecule has 1 heterocycles. The second-order valence-electron chi connectivity index (χ2n) is 7.01. The van der Waals surface area contributed by atoms with Gasteiger partial charge in [0, 0.05) is 44.7 Å². The summed E-state index contributed by atoms with van der Waals surface area (Å²) in [6.07, 6.45) is 0.614. The Hall–Kier alpha value is -2.19. The van der Waals surface area contributed by atoms with Gasteiger partial charge in [0.1, 0.15) is 12.3 Å². The van der Waals surface area contributed by atoms with Crippen molar-refractivity contribution in [2.24, 2.45) is 0 Å². The molecule has 30 heavy (non-hydrogen) atoms. The summed E-state index contributed by atoms with van der Waals surface area (Å²) in [5, 5.41) is 0. The Labute approximate surface area is 179 Å². The van der Waals surface area contributed by atoms with Gasteiger partial charge in [-0.05, 0) is 53.5 Å². The molecule has 0 fully saturated rings. The molecule has 1 rings (SSSR count). The molecule has 1 aromatic heterocycles. The van der Waals surface area contributed by atoms with Gasteiger partial charge in [0.15, 0.2) is 5.78 Å². The largest absolute Gasteiger partial charge is 0.461 e. The van der Waals surface area contributed by atoms with E-state index in [1.165, 1.54) is 12.0 Å². The van der Waals surface area contributed by atoms with Crippen LogP contribution in [-0.2, 0) is 25.5 Å². The molecular formula is C22H36N2O6. The smallest absolute Gasteiger partial charge is 0.355 e. The Morgan fingerprint density at radius 1 is 1.10 bits per heavy atom. The molecule has 0 spiro atoms. The first kappa shape index (κ1) is 25.8. The number of ether oxygens (including phenoxy) is 3. The third-order valence-electron chi connectivity index (χ3n) is 5.13. The number of esters is 1. The zero-order valence-corrected chi connectivity index (χ0v) is 19.4. The van der Waals surface area contributed by atoms with Gasteiger partial charge < -0.3 is 23.7 Å². The van der Waals surface area contributed by atoms with Crippen LogP contribution in [0, 0.1) is 13.8 Å². The lowest BCUT2D eigenvalue weighted by Crippen LogP contribution is -2.46. The molecule has 0 N–H and O–H groups in total. The van der Waals surface area contributed by atoms with E-state index in [0.717, 1.165) is 0 Å². The van der Waals surface area contributed by atoms with Crippen molar-refractivity contribution < 1.29 is 28.6 Å². The van der Waals surface area contributed by atoms with Gasteiger partial charge in [0.2, 0.25) is 5.91 Å². The lowest BCUT2D eigenvalue weighted by atomic mass is 9.99. The van der Waals surface area contributed by atoms with Gasteiger partial charge in [-0.1, -0.05) is 0 Å². The summed E-state index contributed by atoms with van der Waals surface area (Å²) in [7, 11) is 1.45. The highest BCUT2D eigenvalue weighted by molar-refractivity contribution is 6.06. The number of nitrogens with zero attached hydrogens (tertiary/aromatic N) is 2. The average molecular weight is 425 g/mol. The first-order valence-electron chi connectivity index (χ1n) is 10.5. The summed E-state index contributed by atoms with van der Waals surface area (Å²) in [5.74, 6) is -0.912. The van der Waals surface area contributed by atoms with Crippen LogP contribution in [0.25, 0.3) is 0 Å². The molecule has 0 aliphatic rings. The number of hydrogen-bond acceptors (Lipinski definition) is 6. The van der Waals surface area contributed by atoms with Crippen molar-refractivity contribution >= 4 is 17.7 Å². The van der Waals surface area contributed by atoms with E-state index < -0.39 is 12.0 Å². The van der Waals surface area contributed by atoms with Crippen LogP contribution in [0.5, 0.6) is 0 Å². The van der Waals surface area contributed by atoms with E-state index in [0.29, 0.717) is 55.2 Å². The maximum atomic E-state index is 13.5. The maximum Gasteiger partial charge on any atom is 0.355 e. The molecule has 0 saturated heterocycles. The molecule has 8 heteroatoms. The molecule has 0 aliphatic carbocycles. The molecule has 1 atom stereocenters. The highest BCUT2D eigenvalue weighted by Gasteiger charge is 2.32. The second-order valence-corrected chi connectivity index (χ2v) is 7.01. The minimum absolute atomic E-state index is 0.103. The highest BCUT2D eigenvalue weighted by Crippen LogP contribution is 2.26. The Morgan fingerprint density at radius 3 is 2.30 bits per heavy atom. The number of ketones is 1. The fraction of sp³-hybridized carbons (Fsp3) is 0.682. The number of aromatic nitrogens is 1. The van der Waals surface area contributed by atoms with Gasteiger partial charge in [-0.15, -0.1) is 0 Å². The van der Waals surface area contributed by atoms with Crippen molar-refractivity contribution in [2.45, 2.75) is 60.5 Å². The number of amides is 1. The number of carbonyl (C=O) groups excluding carboxylic acids is 3. The molecule has 170 valence electrons. The number of rotatable bonds is 13. The Bertz CT molecular complexity index is 740. The summed E-state index contributed by atoms with van der Waals surface area (Å²) in [6, 6.07) is -0.700. The molecule has 0 saturated carbocycles. The molecule has 1 amide bonds. The lowest BCUT2D eigenvalue weighted by molar-refractivity contribution is -0.136. The predicted octanol–water partition coefficient (Wildman–Crippen LogP) is 2.77. The fourth-order valence-electron chi connectivity index (χ4n) is 3.69. The Morgan fingerprint density at radius 2 is 1.77 bits per heavy atom. The molecular weight excluding hydrogens is 388 g/mol. The van der Waals surface area contributed by atoms with Crippen molar-refractivity contribution in [3.05, 3.63) is 22.5 Å². The zero-order chi connectivity index (χ0) is 22.8. The first-order valence-corrected chi connectivity index (χ1v) is 10.5. The number of Topliss-reactive ketones (excluding diaryl/α,β-unsaturated/α-hetero) is 1. The van der Waals surface area contributed by atoms with Crippen LogP contribution in [0.15, 0.2) is 0 Å². The predicted molar refractivity (Wildman–Crippen MR) is 114 cm³/mol. The minimum atomic E-state index is -0.700. The molecule has 1 unspecified atom stereocenters. The summed E-state index contributed by atoms with van der Waals surface area (Å²) in [5.41, 5.74) is 2.13. The van der Waals surface area contributed by atoms with E-state index in [1.807, 2.05) is 20.8 Å². The average Bonchev–Trinajstić information content (AvgIpc) is 2.96. The quantitative estimate of drug-likeness (QED) is 0.275. The van der Waals surface area contributed by atoms with Crippen molar-refractivity contribution in [1.82, 2.24) is 9.47 Å². The number of carbonyl (C=O) groups is 3. The van der Waals surface area contributed by atoms with E-state index in [9.17, 15) is 14.4 Å². The lowest BCUT2D eigenvalue weighted by Gasteiger charge is -2.28. The topological polar surface area (TPSA) is 87.1 Å². The van der Waals surface area contributed by atoms with Crippen LogP contribution in [0.3, 0.4) is 0 Å². The standard InChI is InChI=1S/C22H36N2O6/c1-8-23-16(5)19(15(4)20(23)22(27)30-10-3)21(26)17(6)24(18(25)14-28-7)12-11-13-29-9-2/h17H,8-14H2,1-7H3. The first-order chi connectivity index (χ1) is 14.3. The van der Waals surface area contributed by atoms with Crippen molar-refractivity contribution in [2.75, 3.05) is 40.1 Å². The van der Waals surface area contributed by atoms with E-state index in [2.05, 4.69) is 0 Å². The van der Waals surface area contributed by atoms with Gasteiger partial charge >= 0.3 is 5.97 Å². The third-order valence-corrected chi connectivity index (χ3v) is 5.13. The summed E-state index contributed by atoms with van der Waals surface area (Å²) >= 11 is 0. The van der Waals surface area contributed by atoms with Crippen LogP contribution in [0.4, 0.5) is 0 Å². The number of methoxy groups -OCH3 is 1. The van der Waals surface area contributed by atoms with Crippen molar-refractivity contribution in [1.29, 1.82) is 0 Å². The Kier molecular flexibility index (Phi) is 10.8. The monoisotopic (exact) mass is 424 g/mol. The van der Waals surface area contributed by atoms with Gasteiger partial charge in [-0.3, -0.25) is 9.59 Å². The van der Waals surface area contributed by atoms with Gasteiger partial charge in [0.05, 0.1) is 12.6 Å².